The first-order valence-corrected chi connectivity index (χ1v) is 14.5. The number of aromatic nitrogens is 3. The van der Waals surface area contributed by atoms with Gasteiger partial charge in [0.25, 0.3) is 0 Å². The van der Waals surface area contributed by atoms with Crippen LogP contribution < -0.4 is 9.80 Å². The maximum atomic E-state index is 5.75. The zero-order chi connectivity index (χ0) is 27.3. The van der Waals surface area contributed by atoms with Gasteiger partial charge in [-0.05, 0) is 68.4 Å². The summed E-state index contributed by atoms with van der Waals surface area (Å²) in [7, 11) is 1.84. The maximum Gasteiger partial charge on any atom is 0.162 e. The topological polar surface area (TPSA) is 57.3 Å². The highest BCUT2D eigenvalue weighted by Gasteiger charge is 2.32. The third-order valence-electron chi connectivity index (χ3n) is 8.86. The Hall–Kier alpha value is -3.38. The maximum absolute atomic E-state index is 5.75. The molecule has 6 heteroatoms. The summed E-state index contributed by atoms with van der Waals surface area (Å²) in [5, 5.41) is 1.22. The van der Waals surface area contributed by atoms with E-state index in [1.54, 1.807) is 0 Å². The van der Waals surface area contributed by atoms with E-state index in [0.717, 1.165) is 61.6 Å². The van der Waals surface area contributed by atoms with E-state index in [0.29, 0.717) is 18.1 Å². The fraction of sp³-hybridized carbons (Fsp3) is 0.455. The van der Waals surface area contributed by atoms with Gasteiger partial charge in [0, 0.05) is 73.1 Å². The molecule has 0 amide bonds. The molecule has 6 nitrogen and oxygen atoms in total. The van der Waals surface area contributed by atoms with Crippen LogP contribution in [0.4, 0.5) is 11.5 Å². The van der Waals surface area contributed by atoms with Gasteiger partial charge in [0.05, 0.1) is 11.8 Å². The van der Waals surface area contributed by atoms with Gasteiger partial charge in [-0.3, -0.25) is 0 Å². The van der Waals surface area contributed by atoms with Gasteiger partial charge in [-0.2, -0.15) is 0 Å². The third-order valence-corrected chi connectivity index (χ3v) is 8.86. The van der Waals surface area contributed by atoms with E-state index in [2.05, 4.69) is 92.0 Å². The minimum atomic E-state index is 0.308. The monoisotopic (exact) mass is 523 g/mol. The summed E-state index contributed by atoms with van der Waals surface area (Å²) >= 11 is 0. The molecule has 2 aromatic carbocycles. The summed E-state index contributed by atoms with van der Waals surface area (Å²) in [6, 6.07) is 13.7. The number of H-pyrrole nitrogens is 1. The van der Waals surface area contributed by atoms with Crippen molar-refractivity contribution in [2.75, 3.05) is 30.0 Å². The van der Waals surface area contributed by atoms with Crippen molar-refractivity contribution in [3.05, 3.63) is 70.5 Å². The number of fused-ring (bicyclic) bond motifs is 2. The summed E-state index contributed by atoms with van der Waals surface area (Å²) in [4.78, 5) is 19.1. The van der Waals surface area contributed by atoms with E-state index in [4.69, 9.17) is 14.7 Å². The van der Waals surface area contributed by atoms with Crippen LogP contribution in [0, 0.1) is 13.8 Å². The van der Waals surface area contributed by atoms with Gasteiger partial charge in [-0.25, -0.2) is 9.97 Å². The Morgan fingerprint density at radius 1 is 1.05 bits per heavy atom. The summed E-state index contributed by atoms with van der Waals surface area (Å²) in [5.41, 5.74) is 9.98. The van der Waals surface area contributed by atoms with Crippen molar-refractivity contribution in [3.63, 3.8) is 0 Å². The lowest BCUT2D eigenvalue weighted by Crippen LogP contribution is -2.45. The highest BCUT2D eigenvalue weighted by Crippen LogP contribution is 2.38. The number of aryl methyl sites for hydroxylation is 2. The molecule has 1 unspecified atom stereocenters. The van der Waals surface area contributed by atoms with Crippen molar-refractivity contribution in [2.24, 2.45) is 0 Å². The van der Waals surface area contributed by atoms with Gasteiger partial charge in [0.2, 0.25) is 0 Å². The van der Waals surface area contributed by atoms with Crippen LogP contribution in [-0.2, 0) is 17.7 Å². The lowest BCUT2D eigenvalue weighted by molar-refractivity contribution is 0.0719. The Morgan fingerprint density at radius 2 is 1.90 bits per heavy atom. The number of benzene rings is 2. The van der Waals surface area contributed by atoms with E-state index in [1.807, 2.05) is 7.11 Å². The van der Waals surface area contributed by atoms with Crippen LogP contribution in [0.15, 0.2) is 42.6 Å². The molecule has 39 heavy (non-hydrogen) atoms. The first kappa shape index (κ1) is 25.9. The molecule has 0 spiro atoms. The number of aromatic amines is 1. The van der Waals surface area contributed by atoms with Gasteiger partial charge in [0.1, 0.15) is 5.82 Å². The van der Waals surface area contributed by atoms with Gasteiger partial charge in [-0.15, -0.1) is 0 Å². The number of nitrogens with zero attached hydrogens (tertiary/aromatic N) is 4. The summed E-state index contributed by atoms with van der Waals surface area (Å²) in [5.74, 6) is 2.44. The van der Waals surface area contributed by atoms with Crippen molar-refractivity contribution < 1.29 is 4.74 Å². The molecular weight excluding hydrogens is 482 g/mol. The normalized spacial score (nSPS) is 19.7. The average Bonchev–Trinajstić information content (AvgIpc) is 3.33. The predicted octanol–water partition coefficient (Wildman–Crippen LogP) is 6.93. The summed E-state index contributed by atoms with van der Waals surface area (Å²) in [6.45, 7) is 14.0. The molecule has 6 rings (SSSR count). The number of ether oxygens (including phenoxy) is 1. The Morgan fingerprint density at radius 3 is 2.67 bits per heavy atom. The van der Waals surface area contributed by atoms with Crippen molar-refractivity contribution in [1.29, 1.82) is 0 Å². The summed E-state index contributed by atoms with van der Waals surface area (Å²) < 4.78 is 5.75. The third kappa shape index (κ3) is 4.69. The van der Waals surface area contributed by atoms with E-state index < -0.39 is 0 Å². The molecule has 2 atom stereocenters. The number of methoxy groups -OCH3 is 1. The first-order valence-electron chi connectivity index (χ1n) is 14.5. The van der Waals surface area contributed by atoms with Crippen molar-refractivity contribution in [3.8, 4) is 11.4 Å². The highest BCUT2D eigenvalue weighted by atomic mass is 16.5. The number of nitrogens with one attached hydrogen (secondary N) is 1. The first-order chi connectivity index (χ1) is 18.8. The van der Waals surface area contributed by atoms with Gasteiger partial charge >= 0.3 is 0 Å². The molecule has 0 radical (unpaired) electrons. The second kappa shape index (κ2) is 10.3. The molecule has 2 aliphatic rings. The zero-order valence-electron chi connectivity index (χ0n) is 24.2. The van der Waals surface area contributed by atoms with Crippen LogP contribution in [-0.4, -0.2) is 47.3 Å². The zero-order valence-corrected chi connectivity index (χ0v) is 24.2. The molecule has 2 aromatic heterocycles. The smallest absolute Gasteiger partial charge is 0.162 e. The van der Waals surface area contributed by atoms with Gasteiger partial charge < -0.3 is 19.5 Å². The molecule has 0 saturated carbocycles. The van der Waals surface area contributed by atoms with Gasteiger partial charge in [0.15, 0.2) is 5.82 Å². The molecule has 0 bridgehead atoms. The largest absolute Gasteiger partial charge is 0.381 e. The highest BCUT2D eigenvalue weighted by molar-refractivity contribution is 5.96. The lowest BCUT2D eigenvalue weighted by atomic mass is 9.96. The predicted molar refractivity (Wildman–Crippen MR) is 161 cm³/mol. The van der Waals surface area contributed by atoms with E-state index >= 15 is 0 Å². The van der Waals surface area contributed by atoms with Crippen molar-refractivity contribution in [2.45, 2.75) is 78.5 Å². The number of rotatable bonds is 5. The Kier molecular flexibility index (Phi) is 6.84. The quantitative estimate of drug-likeness (QED) is 0.307. The fourth-order valence-corrected chi connectivity index (χ4v) is 6.49. The van der Waals surface area contributed by atoms with Crippen LogP contribution in [0.2, 0.25) is 0 Å². The van der Waals surface area contributed by atoms with Crippen LogP contribution in [0.5, 0.6) is 0 Å². The Labute approximate surface area is 232 Å². The Balaban J connectivity index is 1.47. The van der Waals surface area contributed by atoms with E-state index in [1.165, 1.54) is 39.0 Å². The molecule has 4 heterocycles. The molecule has 1 N–H and O–H groups in total. The standard InChI is InChI=1S/C33H41N5O/c1-20(2)24-11-10-21(3)30(17-24)37-14-13-28-27(19-37)33(38-15-12-25(39-6)16-23(38)5)36-32(35-28)26-8-7-9-29-31(26)22(4)18-34-29/h7-11,17-18,20,23,25,34H,12-16,19H2,1-6H3/t23-,25?/m0/s1. The van der Waals surface area contributed by atoms with Crippen LogP contribution in [0.3, 0.4) is 0 Å². The van der Waals surface area contributed by atoms with E-state index in [9.17, 15) is 0 Å². The SMILES string of the molecule is COC1CCN(c2nc(-c3cccc4[nH]cc(C)c34)nc3c2CN(c2cc(C(C)C)ccc2C)CC3)[C@@H](C)C1. The molecule has 204 valence electrons. The second-order valence-electron chi connectivity index (χ2n) is 11.8. The summed E-state index contributed by atoms with van der Waals surface area (Å²) in [6.07, 6.45) is 5.32. The molecule has 0 aliphatic carbocycles. The second-order valence-corrected chi connectivity index (χ2v) is 11.8. The lowest BCUT2D eigenvalue weighted by Gasteiger charge is -2.41. The molecule has 1 saturated heterocycles. The average molecular weight is 524 g/mol. The van der Waals surface area contributed by atoms with Crippen LogP contribution in [0.1, 0.15) is 67.5 Å². The Bertz CT molecular complexity index is 1510. The molecule has 4 aromatic rings. The number of hydrogen-bond acceptors (Lipinski definition) is 5. The van der Waals surface area contributed by atoms with Crippen molar-refractivity contribution in [1.82, 2.24) is 15.0 Å². The number of anilines is 2. The number of piperidine rings is 1. The van der Waals surface area contributed by atoms with E-state index in [-0.39, 0.29) is 0 Å². The van der Waals surface area contributed by atoms with Crippen LogP contribution in [0.25, 0.3) is 22.3 Å². The minimum Gasteiger partial charge on any atom is -0.381 e. The minimum absolute atomic E-state index is 0.308. The molecule has 2 aliphatic heterocycles. The molecular formula is C33H41N5O. The van der Waals surface area contributed by atoms with Crippen LogP contribution >= 0.6 is 0 Å². The molecule has 1 fully saturated rings. The number of hydrogen-bond donors (Lipinski definition) is 1. The van der Waals surface area contributed by atoms with Crippen molar-refractivity contribution >= 4 is 22.4 Å². The fourth-order valence-electron chi connectivity index (χ4n) is 6.49. The van der Waals surface area contributed by atoms with Gasteiger partial charge in [-0.1, -0.05) is 38.1 Å².